The van der Waals surface area contributed by atoms with E-state index in [4.69, 9.17) is 0 Å². The maximum Gasteiger partial charge on any atom is 0.273 e. The van der Waals surface area contributed by atoms with Crippen LogP contribution in [0.2, 0.25) is 0 Å². The van der Waals surface area contributed by atoms with Gasteiger partial charge in [-0.05, 0) is 26.2 Å². The summed E-state index contributed by atoms with van der Waals surface area (Å²) >= 11 is 1.51. The second-order valence-corrected chi connectivity index (χ2v) is 6.86. The van der Waals surface area contributed by atoms with E-state index < -0.39 is 5.60 Å². The topological polar surface area (TPSA) is 53.4 Å². The Kier molecular flexibility index (Phi) is 3.35. The van der Waals surface area contributed by atoms with Gasteiger partial charge in [0.15, 0.2) is 0 Å². The summed E-state index contributed by atoms with van der Waals surface area (Å²) in [6.45, 7) is 3.26. The van der Waals surface area contributed by atoms with E-state index in [1.165, 1.54) is 17.8 Å². The minimum absolute atomic E-state index is 0.0250. The van der Waals surface area contributed by atoms with Crippen LogP contribution in [0.5, 0.6) is 0 Å². The van der Waals surface area contributed by atoms with Crippen molar-refractivity contribution >= 4 is 17.2 Å². The molecule has 0 spiro atoms. The Labute approximate surface area is 117 Å². The van der Waals surface area contributed by atoms with Crippen molar-refractivity contribution in [1.82, 2.24) is 9.88 Å². The molecule has 2 heterocycles. The first-order valence-corrected chi connectivity index (χ1v) is 7.90. The molecule has 5 heteroatoms. The van der Waals surface area contributed by atoms with Crippen LogP contribution in [0.4, 0.5) is 0 Å². The Hall–Kier alpha value is -0.940. The normalized spacial score (nSPS) is 31.1. The Morgan fingerprint density at radius 2 is 2.37 bits per heavy atom. The monoisotopic (exact) mass is 280 g/mol. The average Bonchev–Trinajstić information content (AvgIpc) is 2.83. The van der Waals surface area contributed by atoms with Crippen LogP contribution in [0.15, 0.2) is 5.38 Å². The number of likely N-dealkylation sites (tertiary alicyclic amines) is 1. The van der Waals surface area contributed by atoms with E-state index in [2.05, 4.69) is 4.98 Å². The summed E-state index contributed by atoms with van der Waals surface area (Å²) in [6, 6.07) is 0. The van der Waals surface area contributed by atoms with E-state index in [9.17, 15) is 9.90 Å². The summed E-state index contributed by atoms with van der Waals surface area (Å²) < 4.78 is 0. The van der Waals surface area contributed by atoms with Gasteiger partial charge in [-0.15, -0.1) is 11.3 Å². The van der Waals surface area contributed by atoms with Crippen LogP contribution in [-0.2, 0) is 0 Å². The van der Waals surface area contributed by atoms with Gasteiger partial charge in [0, 0.05) is 24.4 Å². The SMILES string of the molecule is Cc1nc(C(=O)N2CCC3(O)CCCCC3C2)cs1. The fourth-order valence-electron chi connectivity index (χ4n) is 3.38. The van der Waals surface area contributed by atoms with E-state index >= 15 is 0 Å². The van der Waals surface area contributed by atoms with Gasteiger partial charge in [0.05, 0.1) is 10.6 Å². The van der Waals surface area contributed by atoms with Gasteiger partial charge < -0.3 is 10.0 Å². The molecular weight excluding hydrogens is 260 g/mol. The van der Waals surface area contributed by atoms with E-state index in [1.807, 2.05) is 17.2 Å². The molecule has 1 N–H and O–H groups in total. The Balaban J connectivity index is 1.72. The Morgan fingerprint density at radius 3 is 3.11 bits per heavy atom. The van der Waals surface area contributed by atoms with Gasteiger partial charge in [-0.25, -0.2) is 4.98 Å². The number of hydrogen-bond donors (Lipinski definition) is 1. The van der Waals surface area contributed by atoms with Crippen LogP contribution in [0.25, 0.3) is 0 Å². The quantitative estimate of drug-likeness (QED) is 0.858. The van der Waals surface area contributed by atoms with Gasteiger partial charge in [-0.2, -0.15) is 0 Å². The van der Waals surface area contributed by atoms with E-state index in [-0.39, 0.29) is 11.8 Å². The zero-order valence-electron chi connectivity index (χ0n) is 11.3. The second-order valence-electron chi connectivity index (χ2n) is 5.80. The van der Waals surface area contributed by atoms with Gasteiger partial charge in [0.2, 0.25) is 0 Å². The average molecular weight is 280 g/mol. The molecular formula is C14H20N2O2S. The van der Waals surface area contributed by atoms with Crippen LogP contribution in [-0.4, -0.2) is 39.6 Å². The number of aliphatic hydroxyl groups is 1. The largest absolute Gasteiger partial charge is 0.389 e. The molecule has 0 aromatic carbocycles. The second kappa shape index (κ2) is 4.87. The van der Waals surface area contributed by atoms with Crippen LogP contribution in [0.1, 0.15) is 47.6 Å². The highest BCUT2D eigenvalue weighted by Crippen LogP contribution is 2.40. The molecule has 2 fully saturated rings. The summed E-state index contributed by atoms with van der Waals surface area (Å²) in [5.41, 5.74) is 0.0382. The van der Waals surface area contributed by atoms with E-state index in [1.54, 1.807) is 0 Å². The maximum absolute atomic E-state index is 12.4. The smallest absolute Gasteiger partial charge is 0.273 e. The molecule has 1 amide bonds. The molecule has 2 unspecified atom stereocenters. The summed E-state index contributed by atoms with van der Waals surface area (Å²) in [5.74, 6) is 0.274. The molecule has 1 aliphatic heterocycles. The molecule has 2 atom stereocenters. The first-order valence-electron chi connectivity index (χ1n) is 7.02. The summed E-state index contributed by atoms with van der Waals surface area (Å²) in [5, 5.41) is 13.4. The number of carbonyl (C=O) groups excluding carboxylic acids is 1. The minimum Gasteiger partial charge on any atom is -0.389 e. The molecule has 1 aromatic rings. The standard InChI is InChI=1S/C14H20N2O2S/c1-10-15-12(9-19-10)13(17)16-7-6-14(18)5-3-2-4-11(14)8-16/h9,11,18H,2-8H2,1H3. The number of thiazole rings is 1. The number of aryl methyl sites for hydroxylation is 1. The van der Waals surface area contributed by atoms with Crippen LogP contribution >= 0.6 is 11.3 Å². The van der Waals surface area contributed by atoms with Gasteiger partial charge in [0.1, 0.15) is 5.69 Å². The number of rotatable bonds is 1. The van der Waals surface area contributed by atoms with Crippen molar-refractivity contribution in [3.8, 4) is 0 Å². The number of fused-ring (bicyclic) bond motifs is 1. The summed E-state index contributed by atoms with van der Waals surface area (Å²) in [6.07, 6.45) is 4.94. The fourth-order valence-corrected chi connectivity index (χ4v) is 3.97. The lowest BCUT2D eigenvalue weighted by atomic mass is 9.71. The molecule has 4 nitrogen and oxygen atoms in total. The van der Waals surface area contributed by atoms with Crippen molar-refractivity contribution in [3.63, 3.8) is 0 Å². The number of amides is 1. The lowest BCUT2D eigenvalue weighted by molar-refractivity contribution is -0.0886. The first kappa shape index (κ1) is 13.1. The lowest BCUT2D eigenvalue weighted by Crippen LogP contribution is -2.54. The molecule has 1 saturated carbocycles. The number of aromatic nitrogens is 1. The molecule has 2 aliphatic rings. The zero-order chi connectivity index (χ0) is 13.5. The van der Waals surface area contributed by atoms with Crippen molar-refractivity contribution in [2.75, 3.05) is 13.1 Å². The Bertz CT molecular complexity index is 488. The molecule has 1 saturated heterocycles. The van der Waals surface area contributed by atoms with Gasteiger partial charge in [0.25, 0.3) is 5.91 Å². The third-order valence-electron chi connectivity index (χ3n) is 4.55. The van der Waals surface area contributed by atoms with Crippen molar-refractivity contribution in [1.29, 1.82) is 0 Å². The van der Waals surface area contributed by atoms with E-state index in [0.717, 1.165) is 24.3 Å². The van der Waals surface area contributed by atoms with Crippen LogP contribution in [0, 0.1) is 12.8 Å². The molecule has 19 heavy (non-hydrogen) atoms. The van der Waals surface area contributed by atoms with Crippen molar-refractivity contribution in [3.05, 3.63) is 16.1 Å². The third kappa shape index (κ3) is 2.41. The lowest BCUT2D eigenvalue weighted by Gasteiger charge is -2.47. The molecule has 0 radical (unpaired) electrons. The highest BCUT2D eigenvalue weighted by atomic mass is 32.1. The van der Waals surface area contributed by atoms with E-state index in [0.29, 0.717) is 25.2 Å². The van der Waals surface area contributed by atoms with Crippen molar-refractivity contribution < 1.29 is 9.90 Å². The summed E-state index contributed by atoms with van der Waals surface area (Å²) in [4.78, 5) is 18.5. The zero-order valence-corrected chi connectivity index (χ0v) is 12.1. The highest BCUT2D eigenvalue weighted by Gasteiger charge is 2.43. The minimum atomic E-state index is -0.521. The highest BCUT2D eigenvalue weighted by molar-refractivity contribution is 7.09. The van der Waals surface area contributed by atoms with Crippen molar-refractivity contribution in [2.24, 2.45) is 5.92 Å². The molecule has 104 valence electrons. The Morgan fingerprint density at radius 1 is 1.53 bits per heavy atom. The number of nitrogens with zero attached hydrogens (tertiary/aromatic N) is 2. The molecule has 3 rings (SSSR count). The van der Waals surface area contributed by atoms with Crippen LogP contribution in [0.3, 0.4) is 0 Å². The predicted octanol–water partition coefficient (Wildman–Crippen LogP) is 2.22. The third-order valence-corrected chi connectivity index (χ3v) is 5.33. The summed E-state index contributed by atoms with van der Waals surface area (Å²) in [7, 11) is 0. The number of hydrogen-bond acceptors (Lipinski definition) is 4. The van der Waals surface area contributed by atoms with Gasteiger partial charge >= 0.3 is 0 Å². The predicted molar refractivity (Wildman–Crippen MR) is 74.3 cm³/mol. The van der Waals surface area contributed by atoms with Crippen molar-refractivity contribution in [2.45, 2.75) is 44.6 Å². The molecule has 0 bridgehead atoms. The first-order chi connectivity index (χ1) is 9.08. The molecule has 1 aromatic heterocycles. The maximum atomic E-state index is 12.4. The van der Waals surface area contributed by atoms with Gasteiger partial charge in [-0.1, -0.05) is 12.8 Å². The van der Waals surface area contributed by atoms with Gasteiger partial charge in [-0.3, -0.25) is 4.79 Å². The molecule has 1 aliphatic carbocycles. The number of piperidine rings is 1. The van der Waals surface area contributed by atoms with Crippen LogP contribution < -0.4 is 0 Å². The fraction of sp³-hybridized carbons (Fsp3) is 0.714. The number of carbonyl (C=O) groups is 1.